The molecule has 2 aromatic carbocycles. The van der Waals surface area contributed by atoms with E-state index in [1.807, 2.05) is 43.3 Å². The molecule has 0 aliphatic carbocycles. The van der Waals surface area contributed by atoms with Gasteiger partial charge in [-0.05, 0) is 31.0 Å². The van der Waals surface area contributed by atoms with Crippen LogP contribution < -0.4 is 5.43 Å². The van der Waals surface area contributed by atoms with Crippen LogP contribution in [0.5, 0.6) is 0 Å². The molecule has 100 valence electrons. The molecular weight excluding hydrogens is 248 g/mol. The van der Waals surface area contributed by atoms with E-state index in [9.17, 15) is 4.79 Å². The largest absolute Gasteiger partial charge is 0.461 e. The van der Waals surface area contributed by atoms with Gasteiger partial charge in [0.25, 0.3) is 0 Å². The molecule has 0 amide bonds. The third kappa shape index (κ3) is 2.64. The van der Waals surface area contributed by atoms with Crippen LogP contribution in [0.3, 0.4) is 0 Å². The van der Waals surface area contributed by atoms with Crippen molar-refractivity contribution in [1.29, 1.82) is 0 Å². The zero-order chi connectivity index (χ0) is 13.9. The Hall–Kier alpha value is -2.35. The summed E-state index contributed by atoms with van der Waals surface area (Å²) in [5, 5.41) is 0.661. The molecule has 0 radical (unpaired) electrons. The van der Waals surface area contributed by atoms with Crippen molar-refractivity contribution in [2.45, 2.75) is 19.8 Å². The molecule has 0 fully saturated rings. The van der Waals surface area contributed by atoms with Gasteiger partial charge in [-0.15, -0.1) is 0 Å². The highest BCUT2D eigenvalue weighted by atomic mass is 16.3. The zero-order valence-corrected chi connectivity index (χ0v) is 11.4. The Morgan fingerprint density at radius 2 is 1.75 bits per heavy atom. The summed E-state index contributed by atoms with van der Waals surface area (Å²) < 4.78 is 5.82. The Bertz CT molecular complexity index is 785. The predicted octanol–water partition coefficient (Wildman–Crippen LogP) is 3.89. The first-order valence-electron chi connectivity index (χ1n) is 6.80. The van der Waals surface area contributed by atoms with Gasteiger partial charge < -0.3 is 4.42 Å². The molecule has 20 heavy (non-hydrogen) atoms. The van der Waals surface area contributed by atoms with Crippen LogP contribution in [-0.2, 0) is 12.8 Å². The third-order valence-corrected chi connectivity index (χ3v) is 3.44. The van der Waals surface area contributed by atoms with Crippen molar-refractivity contribution in [1.82, 2.24) is 0 Å². The summed E-state index contributed by atoms with van der Waals surface area (Å²) in [7, 11) is 0. The van der Waals surface area contributed by atoms with Crippen LogP contribution in [0.2, 0.25) is 0 Å². The summed E-state index contributed by atoms with van der Waals surface area (Å²) in [4.78, 5) is 12.1. The molecule has 3 rings (SSSR count). The molecule has 0 spiro atoms. The van der Waals surface area contributed by atoms with E-state index in [-0.39, 0.29) is 5.43 Å². The average Bonchev–Trinajstić information content (AvgIpc) is 2.47. The molecule has 0 saturated carbocycles. The van der Waals surface area contributed by atoms with E-state index in [1.165, 1.54) is 5.56 Å². The fraction of sp³-hybridized carbons (Fsp3) is 0.167. The minimum Gasteiger partial charge on any atom is -0.461 e. The van der Waals surface area contributed by atoms with Crippen molar-refractivity contribution in [2.75, 3.05) is 0 Å². The predicted molar refractivity (Wildman–Crippen MR) is 81.1 cm³/mol. The van der Waals surface area contributed by atoms with E-state index < -0.39 is 0 Å². The Kier molecular flexibility index (Phi) is 3.38. The number of fused-ring (bicyclic) bond motifs is 1. The van der Waals surface area contributed by atoms with Gasteiger partial charge >= 0.3 is 0 Å². The maximum Gasteiger partial charge on any atom is 0.192 e. The van der Waals surface area contributed by atoms with Crippen molar-refractivity contribution >= 4 is 11.0 Å². The molecule has 3 aromatic rings. The summed E-state index contributed by atoms with van der Waals surface area (Å²) >= 11 is 0. The van der Waals surface area contributed by atoms with Gasteiger partial charge in [0.05, 0.1) is 5.39 Å². The Balaban J connectivity index is 1.89. The summed E-state index contributed by atoms with van der Waals surface area (Å²) in [6.45, 7) is 1.97. The van der Waals surface area contributed by atoms with E-state index in [1.54, 1.807) is 6.07 Å². The van der Waals surface area contributed by atoms with Crippen LogP contribution in [0.15, 0.2) is 63.8 Å². The molecule has 2 heteroatoms. The number of hydrogen-bond acceptors (Lipinski definition) is 2. The van der Waals surface area contributed by atoms with Crippen molar-refractivity contribution in [2.24, 2.45) is 0 Å². The average molecular weight is 264 g/mol. The lowest BCUT2D eigenvalue weighted by Crippen LogP contribution is -2.03. The minimum atomic E-state index is 0.0398. The minimum absolute atomic E-state index is 0.0398. The van der Waals surface area contributed by atoms with Gasteiger partial charge in [-0.3, -0.25) is 4.79 Å². The summed E-state index contributed by atoms with van der Waals surface area (Å²) in [6.07, 6.45) is 1.62. The molecule has 1 heterocycles. The SMILES string of the molecule is Cc1ccc2oc(CCc3ccccc3)cc(=O)c2c1. The van der Waals surface area contributed by atoms with E-state index in [4.69, 9.17) is 4.42 Å². The van der Waals surface area contributed by atoms with Gasteiger partial charge in [0, 0.05) is 12.5 Å². The third-order valence-electron chi connectivity index (χ3n) is 3.44. The Morgan fingerprint density at radius 3 is 2.55 bits per heavy atom. The van der Waals surface area contributed by atoms with E-state index in [0.717, 1.165) is 24.2 Å². The number of aryl methyl sites for hydroxylation is 3. The van der Waals surface area contributed by atoms with E-state index in [2.05, 4.69) is 12.1 Å². The molecule has 0 N–H and O–H groups in total. The fourth-order valence-corrected chi connectivity index (χ4v) is 2.36. The van der Waals surface area contributed by atoms with Crippen LogP contribution in [0, 0.1) is 6.92 Å². The normalized spacial score (nSPS) is 10.8. The lowest BCUT2D eigenvalue weighted by molar-refractivity contribution is 0.534. The lowest BCUT2D eigenvalue weighted by atomic mass is 10.1. The van der Waals surface area contributed by atoms with Crippen molar-refractivity contribution in [3.8, 4) is 0 Å². The number of benzene rings is 2. The molecule has 0 atom stereocenters. The second kappa shape index (κ2) is 5.33. The Morgan fingerprint density at radius 1 is 0.950 bits per heavy atom. The van der Waals surface area contributed by atoms with Gasteiger partial charge in [-0.1, -0.05) is 42.0 Å². The van der Waals surface area contributed by atoms with Crippen molar-refractivity contribution in [3.63, 3.8) is 0 Å². The first-order chi connectivity index (χ1) is 9.72. The second-order valence-electron chi connectivity index (χ2n) is 5.06. The standard InChI is InChI=1S/C18H16O2/c1-13-7-10-18-16(11-13)17(19)12-15(20-18)9-8-14-5-3-2-4-6-14/h2-7,10-12H,8-9H2,1H3. The summed E-state index contributed by atoms with van der Waals surface area (Å²) in [5.41, 5.74) is 3.03. The van der Waals surface area contributed by atoms with Gasteiger partial charge in [0.15, 0.2) is 5.43 Å². The fourth-order valence-electron chi connectivity index (χ4n) is 2.36. The molecule has 1 aromatic heterocycles. The smallest absolute Gasteiger partial charge is 0.192 e. The molecule has 0 aliphatic heterocycles. The second-order valence-corrected chi connectivity index (χ2v) is 5.06. The van der Waals surface area contributed by atoms with Gasteiger partial charge in [0.1, 0.15) is 11.3 Å². The van der Waals surface area contributed by atoms with Crippen LogP contribution in [-0.4, -0.2) is 0 Å². The van der Waals surface area contributed by atoms with Crippen molar-refractivity contribution in [3.05, 3.63) is 81.7 Å². The molecule has 0 aliphatic rings. The highest BCUT2D eigenvalue weighted by Crippen LogP contribution is 2.15. The monoisotopic (exact) mass is 264 g/mol. The van der Waals surface area contributed by atoms with Crippen molar-refractivity contribution < 1.29 is 4.42 Å². The lowest BCUT2D eigenvalue weighted by Gasteiger charge is -2.04. The van der Waals surface area contributed by atoms with E-state index >= 15 is 0 Å². The summed E-state index contributed by atoms with van der Waals surface area (Å²) in [6, 6.07) is 17.5. The van der Waals surface area contributed by atoms with Crippen LogP contribution >= 0.6 is 0 Å². The first-order valence-corrected chi connectivity index (χ1v) is 6.80. The molecule has 0 saturated heterocycles. The van der Waals surface area contributed by atoms with E-state index in [0.29, 0.717) is 11.0 Å². The van der Waals surface area contributed by atoms with Gasteiger partial charge in [-0.2, -0.15) is 0 Å². The maximum atomic E-state index is 12.1. The van der Waals surface area contributed by atoms with Crippen LogP contribution in [0.25, 0.3) is 11.0 Å². The highest BCUT2D eigenvalue weighted by Gasteiger charge is 2.05. The Labute approximate surface area is 117 Å². The molecule has 0 unspecified atom stereocenters. The number of hydrogen-bond donors (Lipinski definition) is 0. The maximum absolute atomic E-state index is 12.1. The number of rotatable bonds is 3. The summed E-state index contributed by atoms with van der Waals surface area (Å²) in [5.74, 6) is 0.746. The van der Waals surface area contributed by atoms with Crippen LogP contribution in [0.4, 0.5) is 0 Å². The highest BCUT2D eigenvalue weighted by molar-refractivity contribution is 5.77. The first kappa shape index (κ1) is 12.7. The van der Waals surface area contributed by atoms with Gasteiger partial charge in [0.2, 0.25) is 0 Å². The quantitative estimate of drug-likeness (QED) is 0.718. The topological polar surface area (TPSA) is 30.2 Å². The molecular formula is C18H16O2. The van der Waals surface area contributed by atoms with Gasteiger partial charge in [-0.25, -0.2) is 0 Å². The molecule has 2 nitrogen and oxygen atoms in total. The zero-order valence-electron chi connectivity index (χ0n) is 11.4. The molecule has 0 bridgehead atoms. The van der Waals surface area contributed by atoms with Crippen LogP contribution in [0.1, 0.15) is 16.9 Å².